The molecule has 1 heterocycles. The van der Waals surface area contributed by atoms with E-state index in [1.807, 2.05) is 36.0 Å². The first kappa shape index (κ1) is 13.3. The number of hydrogen-bond donors (Lipinski definition) is 1. The van der Waals surface area contributed by atoms with E-state index in [1.165, 1.54) is 19.3 Å². The van der Waals surface area contributed by atoms with Crippen LogP contribution in [0.25, 0.3) is 0 Å². The Morgan fingerprint density at radius 1 is 1.32 bits per heavy atom. The third kappa shape index (κ3) is 2.92. The van der Waals surface area contributed by atoms with Crippen molar-refractivity contribution in [2.75, 3.05) is 12.4 Å². The second kappa shape index (κ2) is 5.75. The summed E-state index contributed by atoms with van der Waals surface area (Å²) in [5.41, 5.74) is 1.07. The van der Waals surface area contributed by atoms with Gasteiger partial charge in [0, 0.05) is 15.8 Å². The van der Waals surface area contributed by atoms with E-state index in [9.17, 15) is 0 Å². The summed E-state index contributed by atoms with van der Waals surface area (Å²) in [5.74, 6) is 0.876. The maximum Gasteiger partial charge on any atom is 0.161 e. The van der Waals surface area contributed by atoms with Crippen LogP contribution in [-0.2, 0) is 0 Å². The average molecular weight is 341 g/mol. The number of aliphatic imine (C=N–C) groups is 1. The summed E-state index contributed by atoms with van der Waals surface area (Å²) < 4.78 is 5.16. The van der Waals surface area contributed by atoms with Crippen LogP contribution in [0.4, 0.5) is 5.69 Å². The Kier molecular flexibility index (Phi) is 4.03. The van der Waals surface area contributed by atoms with Crippen molar-refractivity contribution in [1.82, 2.24) is 0 Å². The first-order valence-corrected chi connectivity index (χ1v) is 8.35. The lowest BCUT2D eigenvalue weighted by Gasteiger charge is -2.27. The molecule has 0 unspecified atom stereocenters. The number of fused-ring (bicyclic) bond motifs is 1. The van der Waals surface area contributed by atoms with Crippen LogP contribution in [0.15, 0.2) is 29.3 Å². The molecule has 3 rings (SSSR count). The fourth-order valence-electron chi connectivity index (χ4n) is 2.55. The Morgan fingerprint density at radius 2 is 2.11 bits per heavy atom. The van der Waals surface area contributed by atoms with Gasteiger partial charge in [0.1, 0.15) is 5.75 Å². The van der Waals surface area contributed by atoms with E-state index in [0.717, 1.165) is 16.6 Å². The van der Waals surface area contributed by atoms with E-state index in [-0.39, 0.29) is 0 Å². The van der Waals surface area contributed by atoms with Crippen molar-refractivity contribution in [3.05, 3.63) is 24.3 Å². The lowest BCUT2D eigenvalue weighted by Crippen LogP contribution is -2.31. The van der Waals surface area contributed by atoms with Crippen molar-refractivity contribution in [3.8, 4) is 5.75 Å². The van der Waals surface area contributed by atoms with E-state index >= 15 is 0 Å². The molecule has 0 radical (unpaired) electrons. The lowest BCUT2D eigenvalue weighted by atomic mass is 9.95. The van der Waals surface area contributed by atoms with Crippen molar-refractivity contribution in [3.63, 3.8) is 0 Å². The molecule has 0 saturated heterocycles. The maximum absolute atomic E-state index is 5.16. The molecule has 3 atom stereocenters. The van der Waals surface area contributed by atoms with Gasteiger partial charge in [0.05, 0.1) is 13.2 Å². The Labute approximate surface area is 126 Å². The van der Waals surface area contributed by atoms with Crippen LogP contribution in [0.1, 0.15) is 19.3 Å². The monoisotopic (exact) mass is 340 g/mol. The Hall–Kier alpha value is -0.680. The van der Waals surface area contributed by atoms with Crippen LogP contribution in [0.3, 0.4) is 0 Å². The highest BCUT2D eigenvalue weighted by Gasteiger charge is 2.37. The van der Waals surface area contributed by atoms with Gasteiger partial charge in [-0.2, -0.15) is 0 Å². The zero-order valence-corrected chi connectivity index (χ0v) is 13.2. The fourth-order valence-corrected chi connectivity index (χ4v) is 4.82. The summed E-state index contributed by atoms with van der Waals surface area (Å²) in [7, 11) is 1.68. The molecule has 1 saturated carbocycles. The molecule has 0 bridgehead atoms. The van der Waals surface area contributed by atoms with Crippen LogP contribution in [0.2, 0.25) is 0 Å². The number of methoxy groups -OCH3 is 1. The minimum atomic E-state index is 0.476. The molecule has 1 aliphatic heterocycles. The summed E-state index contributed by atoms with van der Waals surface area (Å²) in [5, 5.41) is 5.05. The van der Waals surface area contributed by atoms with Crippen LogP contribution in [-0.4, -0.2) is 28.4 Å². The second-order valence-electron chi connectivity index (χ2n) is 4.88. The molecular formula is C14H17BrN2OS. The molecule has 0 aromatic heterocycles. The zero-order chi connectivity index (χ0) is 13.2. The molecule has 1 aromatic rings. The summed E-state index contributed by atoms with van der Waals surface area (Å²) in [6.45, 7) is 0. The topological polar surface area (TPSA) is 33.6 Å². The van der Waals surface area contributed by atoms with Gasteiger partial charge >= 0.3 is 0 Å². The van der Waals surface area contributed by atoms with Gasteiger partial charge in [0.15, 0.2) is 5.17 Å². The molecule has 1 fully saturated rings. The molecule has 102 valence electrons. The van der Waals surface area contributed by atoms with Gasteiger partial charge < -0.3 is 10.1 Å². The number of nitrogens with one attached hydrogen (secondary N) is 1. The molecule has 5 heteroatoms. The number of anilines is 1. The average Bonchev–Trinajstić information content (AvgIpc) is 2.84. The minimum absolute atomic E-state index is 0.476. The minimum Gasteiger partial charge on any atom is -0.497 e. The molecule has 1 N–H and O–H groups in total. The molecule has 0 spiro atoms. The number of nitrogens with zero attached hydrogens (tertiary/aromatic N) is 1. The highest BCUT2D eigenvalue weighted by molar-refractivity contribution is 9.09. The fraction of sp³-hybridized carbons (Fsp3) is 0.500. The summed E-state index contributed by atoms with van der Waals surface area (Å²) in [6, 6.07) is 8.44. The SMILES string of the molecule is COc1ccc(NC2=N[C@@H]3CCC[C@@H](Br)[C@@H]3S2)cc1. The quantitative estimate of drug-likeness (QED) is 0.829. The van der Waals surface area contributed by atoms with Gasteiger partial charge in [-0.3, -0.25) is 4.99 Å². The molecule has 19 heavy (non-hydrogen) atoms. The van der Waals surface area contributed by atoms with E-state index < -0.39 is 0 Å². The number of benzene rings is 1. The van der Waals surface area contributed by atoms with Crippen molar-refractivity contribution in [2.24, 2.45) is 4.99 Å². The van der Waals surface area contributed by atoms with Crippen molar-refractivity contribution in [2.45, 2.75) is 35.4 Å². The molecule has 1 aromatic carbocycles. The van der Waals surface area contributed by atoms with E-state index in [2.05, 4.69) is 21.2 Å². The number of hydrogen-bond acceptors (Lipinski definition) is 4. The van der Waals surface area contributed by atoms with Gasteiger partial charge in [-0.05, 0) is 37.1 Å². The van der Waals surface area contributed by atoms with Gasteiger partial charge in [-0.1, -0.05) is 34.1 Å². The van der Waals surface area contributed by atoms with Crippen LogP contribution in [0, 0.1) is 0 Å². The number of alkyl halides is 1. The summed E-state index contributed by atoms with van der Waals surface area (Å²) in [4.78, 5) is 5.40. The van der Waals surface area contributed by atoms with Crippen molar-refractivity contribution < 1.29 is 4.74 Å². The zero-order valence-electron chi connectivity index (χ0n) is 10.8. The number of amidine groups is 1. The van der Waals surface area contributed by atoms with Gasteiger partial charge in [0.25, 0.3) is 0 Å². The standard InChI is InChI=1S/C14H17BrN2OS/c1-18-10-7-5-9(6-8-10)16-14-17-12-4-2-3-11(15)13(12)19-14/h5-8,11-13H,2-4H2,1H3,(H,16,17)/t11-,12-,13+/m1/s1. The molecular weight excluding hydrogens is 324 g/mol. The van der Waals surface area contributed by atoms with Crippen molar-refractivity contribution in [1.29, 1.82) is 0 Å². The lowest BCUT2D eigenvalue weighted by molar-refractivity contribution is 0.415. The third-order valence-electron chi connectivity index (χ3n) is 3.59. The predicted octanol–water partition coefficient (Wildman–Crippen LogP) is 3.89. The normalized spacial score (nSPS) is 29.6. The molecule has 3 nitrogen and oxygen atoms in total. The van der Waals surface area contributed by atoms with Gasteiger partial charge in [-0.25, -0.2) is 0 Å². The van der Waals surface area contributed by atoms with Crippen LogP contribution < -0.4 is 10.1 Å². The van der Waals surface area contributed by atoms with Crippen molar-refractivity contribution >= 4 is 38.5 Å². The Bertz CT molecular complexity index is 477. The van der Waals surface area contributed by atoms with Gasteiger partial charge in [0.2, 0.25) is 0 Å². The Balaban J connectivity index is 1.67. The van der Waals surface area contributed by atoms with E-state index in [0.29, 0.717) is 16.1 Å². The third-order valence-corrected chi connectivity index (χ3v) is 6.31. The maximum atomic E-state index is 5.16. The van der Waals surface area contributed by atoms with Crippen LogP contribution >= 0.6 is 27.7 Å². The largest absolute Gasteiger partial charge is 0.497 e. The van der Waals surface area contributed by atoms with E-state index in [1.54, 1.807) is 7.11 Å². The number of thioether (sulfide) groups is 1. The first-order valence-electron chi connectivity index (χ1n) is 6.56. The summed E-state index contributed by atoms with van der Waals surface area (Å²) in [6.07, 6.45) is 3.75. The second-order valence-corrected chi connectivity index (χ2v) is 7.23. The predicted molar refractivity (Wildman–Crippen MR) is 85.8 cm³/mol. The van der Waals surface area contributed by atoms with E-state index in [4.69, 9.17) is 9.73 Å². The molecule has 1 aliphatic carbocycles. The molecule has 0 amide bonds. The van der Waals surface area contributed by atoms with Crippen LogP contribution in [0.5, 0.6) is 5.75 Å². The van der Waals surface area contributed by atoms with Gasteiger partial charge in [-0.15, -0.1) is 0 Å². The highest BCUT2D eigenvalue weighted by Crippen LogP contribution is 2.40. The number of rotatable bonds is 2. The number of ether oxygens (including phenoxy) is 1. The first-order chi connectivity index (χ1) is 9.26. The number of halogens is 1. The highest BCUT2D eigenvalue weighted by atomic mass is 79.9. The summed E-state index contributed by atoms with van der Waals surface area (Å²) >= 11 is 5.66. The Morgan fingerprint density at radius 3 is 2.79 bits per heavy atom. The molecule has 2 aliphatic rings. The smallest absolute Gasteiger partial charge is 0.161 e.